The highest BCUT2D eigenvalue weighted by Gasteiger charge is 2.25. The Morgan fingerprint density at radius 1 is 0.854 bits per heavy atom. The predicted molar refractivity (Wildman–Crippen MR) is 171 cm³/mol. The lowest BCUT2D eigenvalue weighted by molar-refractivity contribution is -0.0197. The number of rotatable bonds is 27. The van der Waals surface area contributed by atoms with Crippen molar-refractivity contribution in [3.05, 3.63) is 41.4 Å². The number of unbranched alkanes of at least 4 members (excludes halogenated alkanes) is 15. The molecule has 1 N–H and O–H groups in total. The largest absolute Gasteiger partial charge is 0.527 e. The van der Waals surface area contributed by atoms with Crippen LogP contribution in [0.1, 0.15) is 115 Å². The van der Waals surface area contributed by atoms with Crippen LogP contribution in [-0.2, 0) is 25.1 Å². The first-order chi connectivity index (χ1) is 20.0. The fourth-order valence-corrected chi connectivity index (χ4v) is 6.30. The first-order valence-corrected chi connectivity index (χ1v) is 18.5. The molecule has 2 rings (SSSR count). The van der Waals surface area contributed by atoms with Crippen molar-refractivity contribution in [2.45, 2.75) is 122 Å². The van der Waals surface area contributed by atoms with Crippen LogP contribution in [0, 0.1) is 0 Å². The van der Waals surface area contributed by atoms with E-state index < -0.39 is 13.9 Å². The Morgan fingerprint density at radius 2 is 1.41 bits per heavy atom. The van der Waals surface area contributed by atoms with Crippen molar-refractivity contribution in [2.24, 2.45) is 0 Å². The number of phosphoric ester groups is 1. The smallest absolute Gasteiger partial charge is 0.404 e. The Balaban J connectivity index is 1.41. The number of hydrogen-bond donors (Lipinski definition) is 1. The maximum absolute atomic E-state index is 12.4. The van der Waals surface area contributed by atoms with Crippen LogP contribution in [0.3, 0.4) is 0 Å². The van der Waals surface area contributed by atoms with Gasteiger partial charge in [-0.25, -0.2) is 4.57 Å². The van der Waals surface area contributed by atoms with E-state index in [0.717, 1.165) is 24.4 Å². The van der Waals surface area contributed by atoms with Crippen LogP contribution in [0.25, 0.3) is 0 Å². The summed E-state index contributed by atoms with van der Waals surface area (Å²) in [6.45, 7) is 3.95. The third-order valence-corrected chi connectivity index (χ3v) is 9.05. The van der Waals surface area contributed by atoms with Gasteiger partial charge in [-0.3, -0.25) is 9.42 Å². The Labute approximate surface area is 254 Å². The normalized spacial score (nSPS) is 15.3. The minimum absolute atomic E-state index is 0.0831. The van der Waals surface area contributed by atoms with E-state index in [1.54, 1.807) is 31.0 Å². The fraction of sp³-hybridized carbons (Fsp3) is 0.750. The van der Waals surface area contributed by atoms with Crippen molar-refractivity contribution in [3.63, 3.8) is 0 Å². The first-order valence-electron chi connectivity index (χ1n) is 15.9. The highest BCUT2D eigenvalue weighted by Crippen LogP contribution is 2.44. The van der Waals surface area contributed by atoms with E-state index in [1.807, 2.05) is 12.1 Å². The molecule has 0 fully saturated rings. The summed E-state index contributed by atoms with van der Waals surface area (Å²) in [7, 11) is -2.72. The third kappa shape index (κ3) is 19.0. The number of hydrogen-bond acceptors (Lipinski definition) is 7. The summed E-state index contributed by atoms with van der Waals surface area (Å²) in [4.78, 5) is 12.3. The van der Waals surface area contributed by atoms with Gasteiger partial charge >= 0.3 is 7.82 Å². The van der Waals surface area contributed by atoms with Crippen LogP contribution >= 0.6 is 19.6 Å². The van der Waals surface area contributed by atoms with Gasteiger partial charge in [-0.2, -0.15) is 0 Å². The van der Waals surface area contributed by atoms with Crippen molar-refractivity contribution in [2.75, 3.05) is 32.8 Å². The molecule has 0 saturated carbocycles. The van der Waals surface area contributed by atoms with E-state index in [2.05, 4.69) is 23.4 Å². The van der Waals surface area contributed by atoms with E-state index in [9.17, 15) is 9.46 Å². The molecule has 1 aliphatic rings. The lowest BCUT2D eigenvalue weighted by Crippen LogP contribution is -2.24. The van der Waals surface area contributed by atoms with E-state index in [0.29, 0.717) is 19.0 Å². The minimum Gasteiger partial charge on any atom is -0.404 e. The summed E-state index contributed by atoms with van der Waals surface area (Å²) in [5.74, 6) is 1.22. The molecule has 1 heterocycles. The zero-order valence-electron chi connectivity index (χ0n) is 25.7. The van der Waals surface area contributed by atoms with Crippen LogP contribution in [-0.4, -0.2) is 48.7 Å². The molecular weight excluding hydrogens is 557 g/mol. The summed E-state index contributed by atoms with van der Waals surface area (Å²) < 4.78 is 33.9. The minimum atomic E-state index is -4.26. The molecule has 0 bridgehead atoms. The highest BCUT2D eigenvalue weighted by molar-refractivity contribution is 8.02. The second kappa shape index (κ2) is 23.4. The molecule has 9 heteroatoms. The Kier molecular flexibility index (Phi) is 20.7. The van der Waals surface area contributed by atoms with Crippen LogP contribution in [0.15, 0.2) is 35.9 Å². The molecule has 2 atom stereocenters. The Morgan fingerprint density at radius 3 is 1.93 bits per heavy atom. The highest BCUT2D eigenvalue weighted by atomic mass is 32.2. The van der Waals surface area contributed by atoms with Gasteiger partial charge in [0.05, 0.1) is 19.1 Å². The summed E-state index contributed by atoms with van der Waals surface area (Å²) in [5.41, 5.74) is 1.10. The number of benzene rings is 1. The molecule has 0 spiro atoms. The zero-order chi connectivity index (χ0) is 29.4. The molecule has 0 radical (unpaired) electrons. The van der Waals surface area contributed by atoms with Crippen molar-refractivity contribution in [1.29, 1.82) is 0 Å². The van der Waals surface area contributed by atoms with Gasteiger partial charge in [0.25, 0.3) is 0 Å². The lowest BCUT2D eigenvalue weighted by Gasteiger charge is -2.19. The van der Waals surface area contributed by atoms with Gasteiger partial charge < -0.3 is 18.9 Å². The Bertz CT molecular complexity index is 840. The molecule has 1 aromatic rings. The van der Waals surface area contributed by atoms with Crippen molar-refractivity contribution < 1.29 is 28.0 Å². The third-order valence-electron chi connectivity index (χ3n) is 7.34. The monoisotopic (exact) mass is 613 g/mol. The summed E-state index contributed by atoms with van der Waals surface area (Å²) >= 11 is 1.75. The lowest BCUT2D eigenvalue weighted by atomic mass is 10.0. The van der Waals surface area contributed by atoms with E-state index in [-0.39, 0.29) is 6.61 Å². The number of nitrogens with zero attached hydrogens (tertiary/aromatic N) is 1. The summed E-state index contributed by atoms with van der Waals surface area (Å²) in [5, 5.41) is 2.07. The van der Waals surface area contributed by atoms with Crippen LogP contribution in [0.4, 0.5) is 0 Å². The van der Waals surface area contributed by atoms with Crippen LogP contribution < -0.4 is 4.52 Å². The molecule has 0 aliphatic carbocycles. The molecule has 0 saturated heterocycles. The standard InChI is InChI=1S/C32H56NO6PS/c1-3-4-5-6-7-8-9-10-11-12-13-14-15-16-17-18-24-37-27-32(36-2)28-38-40(34,35)39-31-21-19-30(20-22-31)26-33-23-25-41-29-33/h19-23,25,32H,3-18,24,26-29H2,1-2H3,(H,34,35). The quantitative estimate of drug-likeness (QED) is 0.0777. The van der Waals surface area contributed by atoms with Gasteiger partial charge in [-0.15, -0.1) is 11.8 Å². The van der Waals surface area contributed by atoms with Gasteiger partial charge in [-0.1, -0.05) is 115 Å². The van der Waals surface area contributed by atoms with Crippen LogP contribution in [0.2, 0.25) is 0 Å². The molecular formula is C32H56NO6PS. The van der Waals surface area contributed by atoms with Gasteiger partial charge in [-0.05, 0) is 29.5 Å². The first kappa shape index (κ1) is 36.2. The molecule has 0 aromatic heterocycles. The van der Waals surface area contributed by atoms with E-state index >= 15 is 0 Å². The SMILES string of the molecule is CCCCCCCCCCCCCCCCCCOCC(COP(=O)(O)Oc1ccc(CN2C=CSC2)cc1)OC. The molecule has 41 heavy (non-hydrogen) atoms. The number of thioether (sulfide) groups is 1. The topological polar surface area (TPSA) is 77.5 Å². The second-order valence-corrected chi connectivity index (χ2v) is 13.3. The fourth-order valence-electron chi connectivity index (χ4n) is 4.79. The molecule has 7 nitrogen and oxygen atoms in total. The maximum atomic E-state index is 12.4. The van der Waals surface area contributed by atoms with Gasteiger partial charge in [0.2, 0.25) is 0 Å². The van der Waals surface area contributed by atoms with Gasteiger partial charge in [0, 0.05) is 26.5 Å². The predicted octanol–water partition coefficient (Wildman–Crippen LogP) is 9.45. The number of phosphoric acid groups is 1. The molecule has 2 unspecified atom stereocenters. The van der Waals surface area contributed by atoms with E-state index in [4.69, 9.17) is 18.5 Å². The molecule has 1 aliphatic heterocycles. The summed E-state index contributed by atoms with van der Waals surface area (Å²) in [6.07, 6.45) is 23.1. The van der Waals surface area contributed by atoms with Gasteiger partial charge in [0.1, 0.15) is 11.9 Å². The number of ether oxygens (including phenoxy) is 2. The summed E-state index contributed by atoms with van der Waals surface area (Å²) in [6, 6.07) is 7.14. The molecule has 0 amide bonds. The van der Waals surface area contributed by atoms with Crippen LogP contribution in [0.5, 0.6) is 5.75 Å². The van der Waals surface area contributed by atoms with Crippen molar-refractivity contribution in [3.8, 4) is 5.75 Å². The van der Waals surface area contributed by atoms with E-state index in [1.165, 1.54) is 96.3 Å². The zero-order valence-corrected chi connectivity index (χ0v) is 27.4. The average molecular weight is 614 g/mol. The average Bonchev–Trinajstić information content (AvgIpc) is 3.48. The van der Waals surface area contributed by atoms with Gasteiger partial charge in [0.15, 0.2) is 0 Å². The Hall–Kier alpha value is -1.02. The molecule has 1 aromatic carbocycles. The van der Waals surface area contributed by atoms with Crippen molar-refractivity contribution in [1.82, 2.24) is 4.90 Å². The second-order valence-electron chi connectivity index (χ2n) is 11.1. The number of methoxy groups -OCH3 is 1. The maximum Gasteiger partial charge on any atom is 0.527 e. The van der Waals surface area contributed by atoms with Crippen molar-refractivity contribution >= 4 is 19.6 Å². The molecule has 236 valence electrons.